The van der Waals surface area contributed by atoms with Gasteiger partial charge in [-0.05, 0) is 12.8 Å². The van der Waals surface area contributed by atoms with Gasteiger partial charge in [0.05, 0.1) is 0 Å². The molecule has 5 nitrogen and oxygen atoms in total. The third-order valence-corrected chi connectivity index (χ3v) is 1.39. The van der Waals surface area contributed by atoms with E-state index in [0.717, 1.165) is 0 Å². The Morgan fingerprint density at radius 1 is 1.31 bits per heavy atom. The zero-order chi connectivity index (χ0) is 10.4. The minimum absolute atomic E-state index is 0.353. The standard InChI is InChI=1S/C8H16N2O3/c1-5(2)4-9-8(13)10-6(3)7(11)12/h5-6H,4H2,1-3H3,(H,11,12)(H2,9,10,13)/t6-/m0/s1. The maximum Gasteiger partial charge on any atom is 0.325 e. The minimum Gasteiger partial charge on any atom is -0.480 e. The van der Waals surface area contributed by atoms with E-state index in [2.05, 4.69) is 10.6 Å². The van der Waals surface area contributed by atoms with E-state index in [1.165, 1.54) is 6.92 Å². The van der Waals surface area contributed by atoms with Crippen molar-refractivity contribution in [3.05, 3.63) is 0 Å². The van der Waals surface area contributed by atoms with Crippen LogP contribution in [0.1, 0.15) is 20.8 Å². The molecule has 0 heterocycles. The molecule has 0 aromatic heterocycles. The molecular formula is C8H16N2O3. The average Bonchev–Trinajstić information content (AvgIpc) is 2.00. The molecule has 0 spiro atoms. The first-order chi connectivity index (χ1) is 5.93. The Balaban J connectivity index is 3.68. The van der Waals surface area contributed by atoms with E-state index in [1.54, 1.807) is 0 Å². The second-order valence-corrected chi connectivity index (χ2v) is 3.31. The van der Waals surface area contributed by atoms with Crippen LogP contribution in [0.25, 0.3) is 0 Å². The number of rotatable bonds is 4. The lowest BCUT2D eigenvalue weighted by Gasteiger charge is -2.11. The number of carboxylic acid groups (broad SMARTS) is 1. The predicted octanol–water partition coefficient (Wildman–Crippen LogP) is 0.415. The average molecular weight is 188 g/mol. The number of hydrogen-bond donors (Lipinski definition) is 3. The summed E-state index contributed by atoms with van der Waals surface area (Å²) in [6, 6.07) is -1.30. The number of carbonyl (C=O) groups is 2. The molecule has 0 rings (SSSR count). The van der Waals surface area contributed by atoms with Gasteiger partial charge < -0.3 is 15.7 Å². The maximum absolute atomic E-state index is 11.0. The molecule has 0 unspecified atom stereocenters. The topological polar surface area (TPSA) is 78.4 Å². The fraction of sp³-hybridized carbons (Fsp3) is 0.750. The van der Waals surface area contributed by atoms with Crippen molar-refractivity contribution in [1.82, 2.24) is 10.6 Å². The molecule has 0 aliphatic rings. The van der Waals surface area contributed by atoms with E-state index in [9.17, 15) is 9.59 Å². The number of aliphatic carboxylic acids is 1. The van der Waals surface area contributed by atoms with Gasteiger partial charge in [0.1, 0.15) is 6.04 Å². The van der Waals surface area contributed by atoms with Crippen LogP contribution in [0, 0.1) is 5.92 Å². The normalized spacial score (nSPS) is 12.3. The molecule has 0 aliphatic heterocycles. The summed E-state index contributed by atoms with van der Waals surface area (Å²) in [6.45, 7) is 5.87. The van der Waals surface area contributed by atoms with Gasteiger partial charge >= 0.3 is 12.0 Å². The lowest BCUT2D eigenvalue weighted by atomic mass is 10.2. The van der Waals surface area contributed by atoms with Crippen molar-refractivity contribution >= 4 is 12.0 Å². The molecular weight excluding hydrogens is 172 g/mol. The van der Waals surface area contributed by atoms with Crippen LogP contribution in [0.15, 0.2) is 0 Å². The molecule has 0 saturated heterocycles. The van der Waals surface area contributed by atoms with Gasteiger partial charge in [0, 0.05) is 6.54 Å². The summed E-state index contributed by atoms with van der Waals surface area (Å²) in [4.78, 5) is 21.3. The van der Waals surface area contributed by atoms with Crippen molar-refractivity contribution in [3.63, 3.8) is 0 Å². The minimum atomic E-state index is -1.04. The largest absolute Gasteiger partial charge is 0.480 e. The number of nitrogens with one attached hydrogen (secondary N) is 2. The Bertz CT molecular complexity index is 192. The summed E-state index contributed by atoms with van der Waals surface area (Å²) in [5, 5.41) is 13.3. The number of urea groups is 1. The van der Waals surface area contributed by atoms with Crippen molar-refractivity contribution in [1.29, 1.82) is 0 Å². The molecule has 0 aliphatic carbocycles. The van der Waals surface area contributed by atoms with Gasteiger partial charge in [-0.2, -0.15) is 0 Å². The molecule has 0 aromatic rings. The van der Waals surface area contributed by atoms with E-state index >= 15 is 0 Å². The lowest BCUT2D eigenvalue weighted by molar-refractivity contribution is -0.138. The molecule has 0 aromatic carbocycles. The Morgan fingerprint density at radius 2 is 1.85 bits per heavy atom. The smallest absolute Gasteiger partial charge is 0.325 e. The molecule has 0 saturated carbocycles. The van der Waals surface area contributed by atoms with Gasteiger partial charge in [-0.25, -0.2) is 4.79 Å². The highest BCUT2D eigenvalue weighted by Gasteiger charge is 2.13. The van der Waals surface area contributed by atoms with E-state index in [-0.39, 0.29) is 0 Å². The van der Waals surface area contributed by atoms with Crippen LogP contribution in [0.2, 0.25) is 0 Å². The summed E-state index contributed by atoms with van der Waals surface area (Å²) in [5.41, 5.74) is 0. The van der Waals surface area contributed by atoms with Crippen molar-refractivity contribution in [2.45, 2.75) is 26.8 Å². The Morgan fingerprint density at radius 3 is 2.23 bits per heavy atom. The second-order valence-electron chi connectivity index (χ2n) is 3.31. The highest BCUT2D eigenvalue weighted by atomic mass is 16.4. The van der Waals surface area contributed by atoms with Crippen molar-refractivity contribution in [2.24, 2.45) is 5.92 Å². The quantitative estimate of drug-likeness (QED) is 0.598. The van der Waals surface area contributed by atoms with Crippen LogP contribution < -0.4 is 10.6 Å². The molecule has 5 heteroatoms. The summed E-state index contributed by atoms with van der Waals surface area (Å²) >= 11 is 0. The van der Waals surface area contributed by atoms with E-state index in [4.69, 9.17) is 5.11 Å². The van der Waals surface area contributed by atoms with Crippen molar-refractivity contribution in [3.8, 4) is 0 Å². The van der Waals surface area contributed by atoms with Gasteiger partial charge in [-0.3, -0.25) is 4.79 Å². The molecule has 13 heavy (non-hydrogen) atoms. The van der Waals surface area contributed by atoms with Gasteiger partial charge in [0.25, 0.3) is 0 Å². The lowest BCUT2D eigenvalue weighted by Crippen LogP contribution is -2.45. The van der Waals surface area contributed by atoms with Crippen LogP contribution >= 0.6 is 0 Å². The number of carboxylic acids is 1. The van der Waals surface area contributed by atoms with Crippen molar-refractivity contribution < 1.29 is 14.7 Å². The van der Waals surface area contributed by atoms with Crippen LogP contribution in [0.5, 0.6) is 0 Å². The third kappa shape index (κ3) is 5.95. The van der Waals surface area contributed by atoms with E-state index in [0.29, 0.717) is 12.5 Å². The number of carbonyl (C=O) groups excluding carboxylic acids is 1. The van der Waals surface area contributed by atoms with Crippen LogP contribution in [0.4, 0.5) is 4.79 Å². The Kier molecular flexibility index (Phi) is 4.87. The van der Waals surface area contributed by atoms with Gasteiger partial charge in [-0.15, -0.1) is 0 Å². The zero-order valence-electron chi connectivity index (χ0n) is 8.13. The highest BCUT2D eigenvalue weighted by molar-refractivity contribution is 5.82. The molecule has 2 amide bonds. The Labute approximate surface area is 77.5 Å². The van der Waals surface area contributed by atoms with Gasteiger partial charge in [-0.1, -0.05) is 13.8 Å². The molecule has 0 radical (unpaired) electrons. The first kappa shape index (κ1) is 11.7. The number of hydrogen-bond acceptors (Lipinski definition) is 2. The summed E-state index contributed by atoms with van der Waals surface area (Å²) in [5.74, 6) is -0.689. The summed E-state index contributed by atoms with van der Waals surface area (Å²) in [7, 11) is 0. The fourth-order valence-corrected chi connectivity index (χ4v) is 0.606. The van der Waals surface area contributed by atoms with Crippen LogP contribution in [0.3, 0.4) is 0 Å². The first-order valence-corrected chi connectivity index (χ1v) is 4.20. The predicted molar refractivity (Wildman–Crippen MR) is 48.5 cm³/mol. The van der Waals surface area contributed by atoms with Gasteiger partial charge in [0.15, 0.2) is 0 Å². The van der Waals surface area contributed by atoms with Gasteiger partial charge in [0.2, 0.25) is 0 Å². The van der Waals surface area contributed by atoms with Crippen LogP contribution in [-0.4, -0.2) is 29.7 Å². The fourth-order valence-electron chi connectivity index (χ4n) is 0.606. The highest BCUT2D eigenvalue weighted by Crippen LogP contribution is 1.87. The molecule has 3 N–H and O–H groups in total. The zero-order valence-corrected chi connectivity index (χ0v) is 8.13. The summed E-state index contributed by atoms with van der Waals surface area (Å²) in [6.07, 6.45) is 0. The van der Waals surface area contributed by atoms with Crippen LogP contribution in [-0.2, 0) is 4.79 Å². The molecule has 76 valence electrons. The van der Waals surface area contributed by atoms with Crippen molar-refractivity contribution in [2.75, 3.05) is 6.54 Å². The monoisotopic (exact) mass is 188 g/mol. The third-order valence-electron chi connectivity index (χ3n) is 1.39. The first-order valence-electron chi connectivity index (χ1n) is 4.20. The molecule has 0 fully saturated rings. The molecule has 0 bridgehead atoms. The number of amides is 2. The Hall–Kier alpha value is -1.26. The molecule has 1 atom stereocenters. The summed E-state index contributed by atoms with van der Waals surface area (Å²) < 4.78 is 0. The SMILES string of the molecule is CC(C)CNC(=O)N[C@@H](C)C(=O)O. The second kappa shape index (κ2) is 5.40. The van der Waals surface area contributed by atoms with E-state index < -0.39 is 18.0 Å². The maximum atomic E-state index is 11.0. The van der Waals surface area contributed by atoms with E-state index in [1.807, 2.05) is 13.8 Å².